The lowest BCUT2D eigenvalue weighted by molar-refractivity contribution is -0.139. The fraction of sp³-hybridized carbons (Fsp3) is 0.462. The van der Waals surface area contributed by atoms with E-state index in [4.69, 9.17) is 4.74 Å². The number of carbonyl (C=O) groups excluding carboxylic acids is 2. The maximum absolute atomic E-state index is 13.6. The number of carbonyl (C=O) groups is 2. The fourth-order valence-electron chi connectivity index (χ4n) is 3.76. The number of methoxy groups -OCH3 is 1. The zero-order valence-electron chi connectivity index (χ0n) is 21.1. The van der Waals surface area contributed by atoms with E-state index >= 15 is 0 Å². The van der Waals surface area contributed by atoms with E-state index in [0.717, 1.165) is 29.0 Å². The number of benzene rings is 2. The molecule has 0 aliphatic carbocycles. The van der Waals surface area contributed by atoms with Crippen molar-refractivity contribution in [2.75, 3.05) is 37.3 Å². The standard InChI is InChI=1S/C26H37N3O5S/c1-5-7-18-27-26(31)24(6-2)28(19-17-21-11-9-8-10-12-21)25(30)20-29(35(4,32)33)22-13-15-23(34-3)16-14-22/h8-16,24H,5-7,17-20H2,1-4H3,(H,27,31). The molecule has 0 radical (unpaired) electrons. The third-order valence-corrected chi connectivity index (χ3v) is 6.88. The molecular formula is C26H37N3O5S. The summed E-state index contributed by atoms with van der Waals surface area (Å²) in [6.07, 6.45) is 3.82. The Kier molecular flexibility index (Phi) is 11.0. The van der Waals surface area contributed by atoms with Crippen LogP contribution >= 0.6 is 0 Å². The first-order valence-electron chi connectivity index (χ1n) is 11.9. The number of nitrogens with zero attached hydrogens (tertiary/aromatic N) is 2. The van der Waals surface area contributed by atoms with E-state index in [9.17, 15) is 18.0 Å². The predicted octanol–water partition coefficient (Wildman–Crippen LogP) is 3.23. The summed E-state index contributed by atoms with van der Waals surface area (Å²) in [6, 6.07) is 15.5. The van der Waals surface area contributed by atoms with Gasteiger partial charge < -0.3 is 15.0 Å². The first kappa shape index (κ1) is 28.2. The monoisotopic (exact) mass is 503 g/mol. The second kappa shape index (κ2) is 13.7. The molecule has 0 saturated heterocycles. The highest BCUT2D eigenvalue weighted by Gasteiger charge is 2.31. The Labute approximate surface area is 209 Å². The molecule has 2 rings (SSSR count). The summed E-state index contributed by atoms with van der Waals surface area (Å²) in [7, 11) is -2.24. The maximum atomic E-state index is 13.6. The molecular weight excluding hydrogens is 466 g/mol. The summed E-state index contributed by atoms with van der Waals surface area (Å²) in [4.78, 5) is 28.1. The molecule has 0 heterocycles. The highest BCUT2D eigenvalue weighted by molar-refractivity contribution is 7.92. The summed E-state index contributed by atoms with van der Waals surface area (Å²) >= 11 is 0. The van der Waals surface area contributed by atoms with Crippen molar-refractivity contribution in [3.8, 4) is 5.75 Å². The van der Waals surface area contributed by atoms with Crippen molar-refractivity contribution < 1.29 is 22.7 Å². The van der Waals surface area contributed by atoms with E-state index in [1.165, 1.54) is 12.0 Å². The summed E-state index contributed by atoms with van der Waals surface area (Å²) in [6.45, 7) is 4.32. The Morgan fingerprint density at radius 1 is 1.03 bits per heavy atom. The van der Waals surface area contributed by atoms with Crippen molar-refractivity contribution in [2.24, 2.45) is 0 Å². The smallest absolute Gasteiger partial charge is 0.244 e. The Morgan fingerprint density at radius 3 is 2.23 bits per heavy atom. The van der Waals surface area contributed by atoms with Crippen LogP contribution in [-0.4, -0.2) is 64.2 Å². The van der Waals surface area contributed by atoms with Crippen LogP contribution < -0.4 is 14.4 Å². The molecule has 0 aliphatic rings. The average Bonchev–Trinajstić information content (AvgIpc) is 2.85. The van der Waals surface area contributed by atoms with Crippen molar-refractivity contribution in [1.82, 2.24) is 10.2 Å². The number of hydrogen-bond acceptors (Lipinski definition) is 5. The van der Waals surface area contributed by atoms with Crippen LogP contribution in [0.3, 0.4) is 0 Å². The lowest BCUT2D eigenvalue weighted by Crippen LogP contribution is -2.53. The minimum absolute atomic E-state index is 0.224. The predicted molar refractivity (Wildman–Crippen MR) is 139 cm³/mol. The van der Waals surface area contributed by atoms with E-state index in [1.54, 1.807) is 24.3 Å². The molecule has 0 aliphatic heterocycles. The summed E-state index contributed by atoms with van der Waals surface area (Å²) in [5, 5.41) is 2.92. The van der Waals surface area contributed by atoms with Gasteiger partial charge in [-0.1, -0.05) is 50.6 Å². The van der Waals surface area contributed by atoms with Gasteiger partial charge in [-0.15, -0.1) is 0 Å². The third-order valence-electron chi connectivity index (χ3n) is 5.74. The molecule has 0 bridgehead atoms. The number of amides is 2. The van der Waals surface area contributed by atoms with Gasteiger partial charge in [-0.3, -0.25) is 13.9 Å². The molecule has 0 fully saturated rings. The Bertz CT molecular complexity index is 1040. The molecule has 0 aromatic heterocycles. The minimum atomic E-state index is -3.76. The molecule has 2 aromatic carbocycles. The number of hydrogen-bond donors (Lipinski definition) is 1. The zero-order chi connectivity index (χ0) is 25.8. The van der Waals surface area contributed by atoms with E-state index in [-0.39, 0.29) is 5.91 Å². The van der Waals surface area contributed by atoms with E-state index in [0.29, 0.717) is 37.4 Å². The topological polar surface area (TPSA) is 96.0 Å². The molecule has 2 aromatic rings. The largest absolute Gasteiger partial charge is 0.497 e. The lowest BCUT2D eigenvalue weighted by Gasteiger charge is -2.33. The maximum Gasteiger partial charge on any atom is 0.244 e. The van der Waals surface area contributed by atoms with Crippen molar-refractivity contribution in [3.05, 3.63) is 60.2 Å². The molecule has 192 valence electrons. The number of anilines is 1. The molecule has 1 atom stereocenters. The van der Waals surface area contributed by atoms with Gasteiger partial charge in [0.25, 0.3) is 0 Å². The van der Waals surface area contributed by atoms with Crippen LogP contribution in [0, 0.1) is 0 Å². The van der Waals surface area contributed by atoms with Crippen LogP contribution in [0.4, 0.5) is 5.69 Å². The average molecular weight is 504 g/mol. The fourth-order valence-corrected chi connectivity index (χ4v) is 4.61. The van der Waals surface area contributed by atoms with E-state index in [2.05, 4.69) is 5.32 Å². The number of ether oxygens (including phenoxy) is 1. The highest BCUT2D eigenvalue weighted by atomic mass is 32.2. The quantitative estimate of drug-likeness (QED) is 0.400. The van der Waals surface area contributed by atoms with Gasteiger partial charge in [-0.05, 0) is 49.1 Å². The normalized spacial score (nSPS) is 12.0. The summed E-state index contributed by atoms with van der Waals surface area (Å²) in [5.41, 5.74) is 1.38. The molecule has 0 spiro atoms. The van der Waals surface area contributed by atoms with Crippen LogP contribution in [0.25, 0.3) is 0 Å². The van der Waals surface area contributed by atoms with Crippen molar-refractivity contribution >= 4 is 27.5 Å². The highest BCUT2D eigenvalue weighted by Crippen LogP contribution is 2.22. The third kappa shape index (κ3) is 8.58. The van der Waals surface area contributed by atoms with Gasteiger partial charge in [-0.2, -0.15) is 0 Å². The summed E-state index contributed by atoms with van der Waals surface area (Å²) < 4.78 is 31.4. The first-order valence-corrected chi connectivity index (χ1v) is 13.8. The molecule has 8 nitrogen and oxygen atoms in total. The molecule has 1 N–H and O–H groups in total. The van der Waals surface area contributed by atoms with Crippen LogP contribution in [-0.2, 0) is 26.0 Å². The van der Waals surface area contributed by atoms with E-state index in [1.807, 2.05) is 44.2 Å². The number of rotatable bonds is 14. The van der Waals surface area contributed by atoms with Crippen molar-refractivity contribution in [1.29, 1.82) is 0 Å². The van der Waals surface area contributed by atoms with Crippen molar-refractivity contribution in [2.45, 2.75) is 45.6 Å². The number of nitrogens with one attached hydrogen (secondary N) is 1. The van der Waals surface area contributed by atoms with E-state index < -0.39 is 28.5 Å². The Balaban J connectivity index is 2.31. The lowest BCUT2D eigenvalue weighted by atomic mass is 10.1. The van der Waals surface area contributed by atoms with Gasteiger partial charge in [0, 0.05) is 13.1 Å². The second-order valence-electron chi connectivity index (χ2n) is 8.36. The van der Waals surface area contributed by atoms with Crippen LogP contribution in [0.2, 0.25) is 0 Å². The molecule has 9 heteroatoms. The van der Waals surface area contributed by atoms with Crippen LogP contribution in [0.15, 0.2) is 54.6 Å². The van der Waals surface area contributed by atoms with Gasteiger partial charge in [0.15, 0.2) is 0 Å². The van der Waals surface area contributed by atoms with Gasteiger partial charge in [0.05, 0.1) is 19.1 Å². The first-order chi connectivity index (χ1) is 16.7. The van der Waals surface area contributed by atoms with Crippen LogP contribution in [0.5, 0.6) is 5.75 Å². The second-order valence-corrected chi connectivity index (χ2v) is 10.3. The molecule has 1 unspecified atom stereocenters. The van der Waals surface area contributed by atoms with Crippen LogP contribution in [0.1, 0.15) is 38.7 Å². The number of sulfonamides is 1. The summed E-state index contributed by atoms with van der Waals surface area (Å²) in [5.74, 6) is -0.0785. The van der Waals surface area contributed by atoms with Gasteiger partial charge in [0.2, 0.25) is 21.8 Å². The van der Waals surface area contributed by atoms with Gasteiger partial charge >= 0.3 is 0 Å². The molecule has 35 heavy (non-hydrogen) atoms. The Morgan fingerprint density at radius 2 is 1.69 bits per heavy atom. The zero-order valence-corrected chi connectivity index (χ0v) is 21.9. The SMILES string of the molecule is CCCCNC(=O)C(CC)N(CCc1ccccc1)C(=O)CN(c1ccc(OC)cc1)S(C)(=O)=O. The number of unbranched alkanes of at least 4 members (excludes halogenated alkanes) is 1. The van der Waals surface area contributed by atoms with Gasteiger partial charge in [0.1, 0.15) is 18.3 Å². The van der Waals surface area contributed by atoms with Crippen molar-refractivity contribution in [3.63, 3.8) is 0 Å². The molecule has 2 amide bonds. The van der Waals surface area contributed by atoms with Gasteiger partial charge in [-0.25, -0.2) is 8.42 Å². The Hall–Kier alpha value is -3.07. The molecule has 0 saturated carbocycles. The minimum Gasteiger partial charge on any atom is -0.497 e.